The third-order valence-electron chi connectivity index (χ3n) is 1.34. The smallest absolute Gasteiger partial charge is 0.0823 e. The molecule has 0 aliphatic heterocycles. The molecule has 0 atom stereocenters. The molecule has 0 saturated carbocycles. The summed E-state index contributed by atoms with van der Waals surface area (Å²) >= 11 is 0. The molecule has 0 amide bonds. The van der Waals surface area contributed by atoms with E-state index < -0.39 is 0 Å². The summed E-state index contributed by atoms with van der Waals surface area (Å²) in [6, 6.07) is 0. The summed E-state index contributed by atoms with van der Waals surface area (Å²) in [5.41, 5.74) is 0. The van der Waals surface area contributed by atoms with Crippen LogP contribution in [0.25, 0.3) is 0 Å². The summed E-state index contributed by atoms with van der Waals surface area (Å²) in [6.07, 6.45) is 3.05. The van der Waals surface area contributed by atoms with Crippen LogP contribution < -0.4 is 0 Å². The second-order valence-electron chi connectivity index (χ2n) is 2.55. The minimum Gasteiger partial charge on any atom is -0.382 e. The lowest BCUT2D eigenvalue weighted by atomic mass is 10.3. The Labute approximate surface area is 74.9 Å². The Balaban J connectivity index is 2.73. The fourth-order valence-electron chi connectivity index (χ4n) is 0.711. The van der Waals surface area contributed by atoms with Crippen molar-refractivity contribution in [3.05, 3.63) is 0 Å². The number of hydrogen-bond acceptors (Lipinski definition) is 3. The predicted octanol–water partition coefficient (Wildman–Crippen LogP) is 2.16. The highest BCUT2D eigenvalue weighted by Gasteiger charge is 1.89. The molecular formula is C9H20O3. The van der Waals surface area contributed by atoms with Gasteiger partial charge in [0.2, 0.25) is 0 Å². The first-order valence-electron chi connectivity index (χ1n) is 4.74. The lowest BCUT2D eigenvalue weighted by molar-refractivity contribution is -0.294. The minimum absolute atomic E-state index is 0.674. The van der Waals surface area contributed by atoms with E-state index in [1.165, 1.54) is 0 Å². The van der Waals surface area contributed by atoms with E-state index in [1.807, 2.05) is 6.92 Å². The average Bonchev–Trinajstić information content (AvgIpc) is 2.10. The summed E-state index contributed by atoms with van der Waals surface area (Å²) in [5.74, 6) is 0. The van der Waals surface area contributed by atoms with Gasteiger partial charge in [-0.2, -0.15) is 0 Å². The van der Waals surface area contributed by atoms with E-state index in [0.29, 0.717) is 13.2 Å². The molecule has 74 valence electrons. The fraction of sp³-hybridized carbons (Fsp3) is 1.00. The van der Waals surface area contributed by atoms with E-state index in [4.69, 9.17) is 14.5 Å². The lowest BCUT2D eigenvalue weighted by Crippen LogP contribution is -2.00. The molecule has 0 rings (SSSR count). The van der Waals surface area contributed by atoms with Gasteiger partial charge in [-0.1, -0.05) is 6.92 Å². The molecule has 0 heterocycles. The van der Waals surface area contributed by atoms with Crippen LogP contribution in [0.1, 0.15) is 33.1 Å². The summed E-state index contributed by atoms with van der Waals surface area (Å²) in [4.78, 5) is 9.75. The Bertz CT molecular complexity index is 66.2. The summed E-state index contributed by atoms with van der Waals surface area (Å²) in [5, 5.41) is 0. The Hall–Kier alpha value is -0.120. The van der Waals surface area contributed by atoms with Crippen LogP contribution in [-0.2, 0) is 14.5 Å². The zero-order valence-corrected chi connectivity index (χ0v) is 8.17. The maximum atomic E-state index is 5.16. The molecule has 3 nitrogen and oxygen atoms in total. The highest BCUT2D eigenvalue weighted by Crippen LogP contribution is 1.92. The standard InChI is InChI=1S/C9H20O3/c1-3-7-11-12-9-6-5-8-10-4-2/h3-9H2,1-2H3. The van der Waals surface area contributed by atoms with E-state index in [9.17, 15) is 0 Å². The molecule has 12 heavy (non-hydrogen) atoms. The molecule has 0 N–H and O–H groups in total. The largest absolute Gasteiger partial charge is 0.382 e. The van der Waals surface area contributed by atoms with E-state index >= 15 is 0 Å². The molecule has 0 spiro atoms. The Morgan fingerprint density at radius 1 is 0.833 bits per heavy atom. The molecular weight excluding hydrogens is 156 g/mol. The number of rotatable bonds is 9. The first-order valence-corrected chi connectivity index (χ1v) is 4.74. The molecule has 3 heteroatoms. The van der Waals surface area contributed by atoms with Crippen LogP contribution in [0, 0.1) is 0 Å². The van der Waals surface area contributed by atoms with Crippen molar-refractivity contribution in [1.29, 1.82) is 0 Å². The van der Waals surface area contributed by atoms with Gasteiger partial charge < -0.3 is 4.74 Å². The topological polar surface area (TPSA) is 27.7 Å². The van der Waals surface area contributed by atoms with Crippen LogP contribution in [0.5, 0.6) is 0 Å². The highest BCUT2D eigenvalue weighted by molar-refractivity contribution is 4.35. The van der Waals surface area contributed by atoms with Crippen molar-refractivity contribution in [3.63, 3.8) is 0 Å². The van der Waals surface area contributed by atoms with Crippen LogP contribution in [0.3, 0.4) is 0 Å². The second-order valence-corrected chi connectivity index (χ2v) is 2.55. The zero-order chi connectivity index (χ0) is 9.07. The van der Waals surface area contributed by atoms with Crippen molar-refractivity contribution >= 4 is 0 Å². The maximum Gasteiger partial charge on any atom is 0.0823 e. The van der Waals surface area contributed by atoms with Gasteiger partial charge in [0.1, 0.15) is 0 Å². The third-order valence-corrected chi connectivity index (χ3v) is 1.34. The molecule has 0 saturated heterocycles. The molecule has 0 aromatic rings. The van der Waals surface area contributed by atoms with Gasteiger partial charge in [-0.05, 0) is 26.2 Å². The maximum absolute atomic E-state index is 5.16. The first-order chi connectivity index (χ1) is 5.91. The van der Waals surface area contributed by atoms with Crippen LogP contribution in [0.4, 0.5) is 0 Å². The molecule has 0 aliphatic carbocycles. The van der Waals surface area contributed by atoms with Gasteiger partial charge >= 0.3 is 0 Å². The van der Waals surface area contributed by atoms with Gasteiger partial charge in [0.05, 0.1) is 13.2 Å². The number of unbranched alkanes of at least 4 members (excludes halogenated alkanes) is 1. The van der Waals surface area contributed by atoms with E-state index in [1.54, 1.807) is 0 Å². The van der Waals surface area contributed by atoms with Crippen molar-refractivity contribution in [2.75, 3.05) is 26.4 Å². The predicted molar refractivity (Wildman–Crippen MR) is 47.9 cm³/mol. The van der Waals surface area contributed by atoms with E-state index in [-0.39, 0.29) is 0 Å². The Kier molecular flexibility index (Phi) is 10.8. The highest BCUT2D eigenvalue weighted by atomic mass is 17.2. The molecule has 0 radical (unpaired) electrons. The van der Waals surface area contributed by atoms with Crippen molar-refractivity contribution in [2.24, 2.45) is 0 Å². The van der Waals surface area contributed by atoms with E-state index in [2.05, 4.69) is 6.92 Å². The van der Waals surface area contributed by atoms with Gasteiger partial charge in [0.15, 0.2) is 0 Å². The summed E-state index contributed by atoms with van der Waals surface area (Å²) in [7, 11) is 0. The van der Waals surface area contributed by atoms with Crippen molar-refractivity contribution in [2.45, 2.75) is 33.1 Å². The first kappa shape index (κ1) is 11.9. The fourth-order valence-corrected chi connectivity index (χ4v) is 0.711. The van der Waals surface area contributed by atoms with Gasteiger partial charge in [-0.15, -0.1) is 0 Å². The van der Waals surface area contributed by atoms with Gasteiger partial charge in [0.25, 0.3) is 0 Å². The molecule has 0 aliphatic rings. The van der Waals surface area contributed by atoms with Crippen LogP contribution in [-0.4, -0.2) is 26.4 Å². The van der Waals surface area contributed by atoms with Crippen molar-refractivity contribution in [1.82, 2.24) is 0 Å². The van der Waals surface area contributed by atoms with Crippen LogP contribution >= 0.6 is 0 Å². The lowest BCUT2D eigenvalue weighted by Gasteiger charge is -2.02. The van der Waals surface area contributed by atoms with Gasteiger partial charge in [-0.3, -0.25) is 0 Å². The van der Waals surface area contributed by atoms with Crippen molar-refractivity contribution < 1.29 is 14.5 Å². The van der Waals surface area contributed by atoms with Crippen LogP contribution in [0.2, 0.25) is 0 Å². The van der Waals surface area contributed by atoms with Crippen LogP contribution in [0.15, 0.2) is 0 Å². The normalized spacial score (nSPS) is 10.5. The summed E-state index contributed by atoms with van der Waals surface area (Å²) in [6.45, 7) is 7.04. The number of hydrogen-bond donors (Lipinski definition) is 0. The zero-order valence-electron chi connectivity index (χ0n) is 8.17. The quantitative estimate of drug-likeness (QED) is 0.306. The average molecular weight is 176 g/mol. The van der Waals surface area contributed by atoms with Crippen molar-refractivity contribution in [3.8, 4) is 0 Å². The van der Waals surface area contributed by atoms with Gasteiger partial charge in [-0.25, -0.2) is 9.78 Å². The monoisotopic (exact) mass is 176 g/mol. The van der Waals surface area contributed by atoms with E-state index in [0.717, 1.165) is 32.5 Å². The SMILES string of the molecule is CCCOOCCCCOCC. The molecule has 0 bridgehead atoms. The second kappa shape index (κ2) is 10.9. The molecule has 0 unspecified atom stereocenters. The molecule has 0 aromatic carbocycles. The Morgan fingerprint density at radius 2 is 1.50 bits per heavy atom. The van der Waals surface area contributed by atoms with Gasteiger partial charge in [0, 0.05) is 13.2 Å². The number of ether oxygens (including phenoxy) is 1. The third kappa shape index (κ3) is 9.88. The molecule has 0 fully saturated rings. The Morgan fingerprint density at radius 3 is 2.17 bits per heavy atom. The summed E-state index contributed by atoms with van der Waals surface area (Å²) < 4.78 is 5.16. The molecule has 0 aromatic heterocycles. The minimum atomic E-state index is 0.674.